The Morgan fingerprint density at radius 1 is 0.360 bits per heavy atom. The smallest absolute Gasteiger partial charge is 0.236 e. The topological polar surface area (TPSA) is 72.3 Å². The Hall–Kier alpha value is -8.16. The maximum absolute atomic E-state index is 5.15. The third-order valence-corrected chi connectivity index (χ3v) is 18.7. The van der Waals surface area contributed by atoms with E-state index in [1.165, 1.54) is 75.7 Å². The molecule has 8 heterocycles. The van der Waals surface area contributed by atoms with Crippen LogP contribution >= 0.6 is 61.3 Å². The minimum absolute atomic E-state index is 0.604. The van der Waals surface area contributed by atoms with Crippen LogP contribution in [0.4, 0.5) is 0 Å². The maximum Gasteiger partial charge on any atom is 0.236 e. The number of fused-ring (bicyclic) bond motifs is 14. The number of nitrogens with zero attached hydrogens (tertiary/aromatic N) is 5. The molecule has 11 heteroatoms. The maximum atomic E-state index is 5.15. The molecule has 0 radical (unpaired) electrons. The van der Waals surface area contributed by atoms with E-state index in [4.69, 9.17) is 9.97 Å². The molecular formula is C64H39BrN6S4. The van der Waals surface area contributed by atoms with Crippen molar-refractivity contribution >= 4 is 142 Å². The number of benzene rings is 8. The molecule has 0 aliphatic rings. The van der Waals surface area contributed by atoms with E-state index in [-0.39, 0.29) is 0 Å². The Morgan fingerprint density at radius 3 is 1.31 bits per heavy atom. The summed E-state index contributed by atoms with van der Waals surface area (Å²) in [5, 5.41) is 7.99. The van der Waals surface area contributed by atoms with E-state index in [1.54, 1.807) is 0 Å². The highest BCUT2D eigenvalue weighted by atomic mass is 79.9. The second kappa shape index (κ2) is 19.3. The van der Waals surface area contributed by atoms with Gasteiger partial charge in [0.2, 0.25) is 5.95 Å². The van der Waals surface area contributed by atoms with Crippen LogP contribution in [0.15, 0.2) is 235 Å². The van der Waals surface area contributed by atoms with E-state index >= 15 is 0 Å². The van der Waals surface area contributed by atoms with Gasteiger partial charge >= 0.3 is 0 Å². The van der Waals surface area contributed by atoms with Crippen molar-refractivity contribution in [3.05, 3.63) is 235 Å². The van der Waals surface area contributed by atoms with Gasteiger partial charge in [-0.05, 0) is 52.3 Å². The zero-order valence-electron chi connectivity index (χ0n) is 39.7. The number of H-pyrrole nitrogens is 1. The predicted octanol–water partition coefficient (Wildman–Crippen LogP) is 19.7. The molecule has 0 atom stereocenters. The van der Waals surface area contributed by atoms with Crippen molar-refractivity contribution in [1.29, 1.82) is 0 Å². The second-order valence-electron chi connectivity index (χ2n) is 17.9. The summed E-state index contributed by atoms with van der Waals surface area (Å²) in [5.41, 5.74) is 10.4. The molecule has 75 heavy (non-hydrogen) atoms. The van der Waals surface area contributed by atoms with Gasteiger partial charge in [0.25, 0.3) is 0 Å². The van der Waals surface area contributed by atoms with Crippen LogP contribution in [0.3, 0.4) is 0 Å². The average molecular weight is 1100 g/mol. The normalized spacial score (nSPS) is 11.5. The number of aromatic nitrogens is 6. The number of nitrogens with one attached hydrogen (secondary N) is 1. The second-order valence-corrected chi connectivity index (χ2v) is 22.8. The summed E-state index contributed by atoms with van der Waals surface area (Å²) in [6.07, 6.45) is 0. The van der Waals surface area contributed by atoms with Crippen LogP contribution in [0.1, 0.15) is 0 Å². The standard InChI is InChI=1S/C32H19N3S2.C16H11BrN2.C16H9NS2/c1-3-11-20(12-4-1)24-19-25(21-13-5-2-6-14-21)34-32(33-24)35-26-17-9-7-15-22(26)28-30-29(37-31(28)35)23-16-8-10-18-27(23)36-30;17-16-18-14(12-7-3-1-4-8-12)11-15(19-16)13-9-5-2-6-10-13;1-3-7-11-9(5-1)13-15-14(19-16(13)17-11)10-6-2-4-8-12(10)18-15/h1-19H;1-11H;1-8,17H. The van der Waals surface area contributed by atoms with Gasteiger partial charge in [0.1, 0.15) is 9.66 Å². The third-order valence-electron chi connectivity index (χ3n) is 13.4. The van der Waals surface area contributed by atoms with Gasteiger partial charge < -0.3 is 4.98 Å². The summed E-state index contributed by atoms with van der Waals surface area (Å²) in [5.74, 6) is 0.699. The lowest BCUT2D eigenvalue weighted by Gasteiger charge is -2.11. The molecule has 16 rings (SSSR count). The number of aromatic amines is 1. The van der Waals surface area contributed by atoms with Gasteiger partial charge in [0.05, 0.1) is 47.1 Å². The van der Waals surface area contributed by atoms with Crippen molar-refractivity contribution in [3.63, 3.8) is 0 Å². The van der Waals surface area contributed by atoms with Crippen molar-refractivity contribution in [1.82, 2.24) is 29.5 Å². The van der Waals surface area contributed by atoms with E-state index in [0.717, 1.165) is 50.5 Å². The highest BCUT2D eigenvalue weighted by Crippen LogP contribution is 2.49. The molecule has 0 unspecified atom stereocenters. The van der Waals surface area contributed by atoms with Gasteiger partial charge in [0.15, 0.2) is 4.73 Å². The van der Waals surface area contributed by atoms with Gasteiger partial charge in [0, 0.05) is 69.5 Å². The molecule has 16 aromatic rings. The molecule has 0 spiro atoms. The van der Waals surface area contributed by atoms with E-state index < -0.39 is 0 Å². The molecule has 6 nitrogen and oxygen atoms in total. The van der Waals surface area contributed by atoms with Gasteiger partial charge in [-0.15, -0.1) is 45.3 Å². The Morgan fingerprint density at radius 2 is 0.773 bits per heavy atom. The van der Waals surface area contributed by atoms with Crippen LogP contribution in [0, 0.1) is 0 Å². The van der Waals surface area contributed by atoms with Gasteiger partial charge in [-0.1, -0.05) is 194 Å². The van der Waals surface area contributed by atoms with Crippen LogP contribution in [0.5, 0.6) is 0 Å². The molecule has 0 saturated carbocycles. The van der Waals surface area contributed by atoms with Crippen molar-refractivity contribution in [3.8, 4) is 51.0 Å². The van der Waals surface area contributed by atoms with E-state index in [2.05, 4.69) is 187 Å². The lowest BCUT2D eigenvalue weighted by Crippen LogP contribution is -2.03. The number of thiophene rings is 4. The molecule has 0 aliphatic heterocycles. The molecular weight excluding hydrogens is 1060 g/mol. The highest BCUT2D eigenvalue weighted by molar-refractivity contribution is 9.10. The average Bonchev–Trinajstić information content (AvgIpc) is 4.38. The van der Waals surface area contributed by atoms with Crippen LogP contribution in [-0.2, 0) is 0 Å². The van der Waals surface area contributed by atoms with Gasteiger partial charge in [-0.25, -0.2) is 19.9 Å². The third kappa shape index (κ3) is 8.30. The Labute approximate surface area is 454 Å². The number of para-hydroxylation sites is 2. The monoisotopic (exact) mass is 1100 g/mol. The minimum atomic E-state index is 0.604. The van der Waals surface area contributed by atoms with Crippen molar-refractivity contribution in [2.75, 3.05) is 0 Å². The molecule has 0 aliphatic carbocycles. The summed E-state index contributed by atoms with van der Waals surface area (Å²) in [4.78, 5) is 25.2. The summed E-state index contributed by atoms with van der Waals surface area (Å²) in [6, 6.07) is 79.6. The SMILES string of the molecule is Brc1nc(-c2ccccc2)cc(-c2ccccc2)n1.c1ccc(-c2cc(-c3ccccc3)nc(-n3c4ccccc4c4c5sc6ccccc6c5sc43)n2)cc1.c1ccc2c(c1)[nH]c1sc3c4ccccc4sc3c12. The van der Waals surface area contributed by atoms with Gasteiger partial charge in [-0.3, -0.25) is 4.57 Å². The lowest BCUT2D eigenvalue weighted by molar-refractivity contribution is 1.00. The molecule has 0 saturated heterocycles. The van der Waals surface area contributed by atoms with Crippen molar-refractivity contribution in [2.45, 2.75) is 0 Å². The van der Waals surface area contributed by atoms with E-state index in [9.17, 15) is 0 Å². The van der Waals surface area contributed by atoms with Crippen LogP contribution in [0.2, 0.25) is 0 Å². The molecule has 8 aromatic heterocycles. The summed E-state index contributed by atoms with van der Waals surface area (Å²) in [6.45, 7) is 0. The summed E-state index contributed by atoms with van der Waals surface area (Å²) in [7, 11) is 0. The molecule has 0 bridgehead atoms. The Balaban J connectivity index is 0.000000114. The first-order valence-electron chi connectivity index (χ1n) is 24.4. The Kier molecular flexibility index (Phi) is 11.7. The number of hydrogen-bond donors (Lipinski definition) is 1. The first kappa shape index (κ1) is 45.5. The number of halogens is 1. The fourth-order valence-corrected chi connectivity index (χ4v) is 15.8. The molecule has 0 amide bonds. The molecule has 0 fully saturated rings. The van der Waals surface area contributed by atoms with E-state index in [0.29, 0.717) is 10.7 Å². The fourth-order valence-electron chi connectivity index (χ4n) is 9.90. The molecule has 356 valence electrons. The first-order valence-corrected chi connectivity index (χ1v) is 28.4. The summed E-state index contributed by atoms with van der Waals surface area (Å²) >= 11 is 10.9. The first-order chi connectivity index (χ1) is 37.1. The molecule has 1 N–H and O–H groups in total. The van der Waals surface area contributed by atoms with Gasteiger partial charge in [-0.2, -0.15) is 0 Å². The Bertz CT molecular complexity index is 4610. The fraction of sp³-hybridized carbons (Fsp3) is 0. The van der Waals surface area contributed by atoms with Crippen LogP contribution in [0.25, 0.3) is 132 Å². The summed E-state index contributed by atoms with van der Waals surface area (Å²) < 4.78 is 11.1. The quantitative estimate of drug-likeness (QED) is 0.174. The highest BCUT2D eigenvalue weighted by Gasteiger charge is 2.23. The largest absolute Gasteiger partial charge is 0.346 e. The number of rotatable bonds is 5. The zero-order chi connectivity index (χ0) is 49.8. The lowest BCUT2D eigenvalue weighted by atomic mass is 10.1. The van der Waals surface area contributed by atoms with Crippen LogP contribution < -0.4 is 0 Å². The predicted molar refractivity (Wildman–Crippen MR) is 325 cm³/mol. The van der Waals surface area contributed by atoms with Crippen molar-refractivity contribution in [2.24, 2.45) is 0 Å². The van der Waals surface area contributed by atoms with Crippen LogP contribution in [-0.4, -0.2) is 29.5 Å². The zero-order valence-corrected chi connectivity index (χ0v) is 44.5. The van der Waals surface area contributed by atoms with Crippen molar-refractivity contribution < 1.29 is 0 Å². The number of hydrogen-bond acceptors (Lipinski definition) is 8. The minimum Gasteiger partial charge on any atom is -0.346 e. The molecule has 8 aromatic carbocycles. The van der Waals surface area contributed by atoms with E-state index in [1.807, 2.05) is 124 Å².